The Kier molecular flexibility index (Phi) is 8.42. The van der Waals surface area contributed by atoms with E-state index in [9.17, 15) is 0 Å². The molecule has 112 valence electrons. The molecule has 0 bridgehead atoms. The molecule has 0 spiro atoms. The Balaban J connectivity index is 2.22. The molecule has 1 aromatic rings. The van der Waals surface area contributed by atoms with Gasteiger partial charge in [-0.05, 0) is 18.1 Å². The first kappa shape index (κ1) is 16.5. The van der Waals surface area contributed by atoms with Crippen molar-refractivity contribution < 1.29 is 9.47 Å². The molecular weight excluding hydrogens is 254 g/mol. The van der Waals surface area contributed by atoms with Crippen LogP contribution in [-0.2, 0) is 16.0 Å². The summed E-state index contributed by atoms with van der Waals surface area (Å²) in [6.45, 7) is 5.47. The maximum atomic E-state index is 5.38. The monoisotopic (exact) mass is 279 g/mol. The van der Waals surface area contributed by atoms with E-state index in [2.05, 4.69) is 34.7 Å². The van der Waals surface area contributed by atoms with Gasteiger partial charge in [0, 0.05) is 27.2 Å². The average molecular weight is 279 g/mol. The first-order chi connectivity index (χ1) is 9.77. The number of ether oxygens (including phenoxy) is 2. The molecule has 0 atom stereocenters. The molecule has 5 nitrogen and oxygen atoms in total. The Labute approximate surface area is 121 Å². The number of aliphatic imine (C=N–C) groups is 1. The van der Waals surface area contributed by atoms with E-state index in [0.717, 1.165) is 19.0 Å². The smallest absolute Gasteiger partial charge is 0.191 e. The van der Waals surface area contributed by atoms with Crippen LogP contribution < -0.4 is 10.6 Å². The summed E-state index contributed by atoms with van der Waals surface area (Å²) in [4.78, 5) is 4.18. The summed E-state index contributed by atoms with van der Waals surface area (Å²) in [5, 5.41) is 6.50. The Hall–Kier alpha value is -1.59. The lowest BCUT2D eigenvalue weighted by Crippen LogP contribution is -2.38. The van der Waals surface area contributed by atoms with E-state index in [1.54, 1.807) is 14.2 Å². The molecule has 20 heavy (non-hydrogen) atoms. The molecule has 1 rings (SSSR count). The number of guanidine groups is 1. The largest absolute Gasteiger partial charge is 0.382 e. The minimum Gasteiger partial charge on any atom is -0.382 e. The highest BCUT2D eigenvalue weighted by atomic mass is 16.5. The van der Waals surface area contributed by atoms with Crippen LogP contribution in [0.2, 0.25) is 0 Å². The summed E-state index contributed by atoms with van der Waals surface area (Å²) in [5.74, 6) is 0.781. The standard InChI is InChI=1S/C15H25N3O2/c1-13-6-4-5-7-14(13)12-18-15(16-2)17-8-9-20-11-10-19-3/h4-7H,8-12H2,1-3H3,(H2,16,17,18). The lowest BCUT2D eigenvalue weighted by atomic mass is 10.1. The molecule has 0 heterocycles. The molecule has 0 fully saturated rings. The third-order valence-corrected chi connectivity index (χ3v) is 2.90. The summed E-state index contributed by atoms with van der Waals surface area (Å²) >= 11 is 0. The zero-order chi connectivity index (χ0) is 14.6. The van der Waals surface area contributed by atoms with E-state index >= 15 is 0 Å². The number of nitrogens with zero attached hydrogens (tertiary/aromatic N) is 1. The van der Waals surface area contributed by atoms with Crippen molar-refractivity contribution >= 4 is 5.96 Å². The van der Waals surface area contributed by atoms with E-state index in [1.807, 2.05) is 12.1 Å². The summed E-state index contributed by atoms with van der Waals surface area (Å²) in [7, 11) is 3.43. The number of benzene rings is 1. The molecule has 5 heteroatoms. The molecule has 0 aromatic heterocycles. The summed E-state index contributed by atoms with van der Waals surface area (Å²) < 4.78 is 10.3. The molecule has 0 aliphatic rings. The molecule has 0 saturated heterocycles. The third-order valence-electron chi connectivity index (χ3n) is 2.90. The fraction of sp³-hybridized carbons (Fsp3) is 0.533. The van der Waals surface area contributed by atoms with Gasteiger partial charge in [0.25, 0.3) is 0 Å². The second-order valence-corrected chi connectivity index (χ2v) is 4.38. The zero-order valence-corrected chi connectivity index (χ0v) is 12.6. The van der Waals surface area contributed by atoms with Gasteiger partial charge in [0.1, 0.15) is 0 Å². The van der Waals surface area contributed by atoms with Gasteiger partial charge in [0.15, 0.2) is 5.96 Å². The first-order valence-corrected chi connectivity index (χ1v) is 6.83. The van der Waals surface area contributed by atoms with E-state index in [0.29, 0.717) is 19.8 Å². The predicted molar refractivity (Wildman–Crippen MR) is 82.1 cm³/mol. The second kappa shape index (κ2) is 10.2. The Morgan fingerprint density at radius 3 is 2.65 bits per heavy atom. The van der Waals surface area contributed by atoms with Crippen molar-refractivity contribution in [2.24, 2.45) is 4.99 Å². The maximum absolute atomic E-state index is 5.38. The van der Waals surface area contributed by atoms with E-state index in [-0.39, 0.29) is 0 Å². The van der Waals surface area contributed by atoms with Crippen LogP contribution in [-0.4, -0.2) is 46.5 Å². The third kappa shape index (κ3) is 6.54. The van der Waals surface area contributed by atoms with Crippen molar-refractivity contribution in [3.05, 3.63) is 35.4 Å². The highest BCUT2D eigenvalue weighted by Gasteiger charge is 2.00. The number of aryl methyl sites for hydroxylation is 1. The van der Waals surface area contributed by atoms with Gasteiger partial charge < -0.3 is 20.1 Å². The number of nitrogens with one attached hydrogen (secondary N) is 2. The predicted octanol–water partition coefficient (Wildman–Crippen LogP) is 1.32. The quantitative estimate of drug-likeness (QED) is 0.428. The van der Waals surface area contributed by atoms with E-state index in [4.69, 9.17) is 9.47 Å². The zero-order valence-electron chi connectivity index (χ0n) is 12.6. The van der Waals surface area contributed by atoms with Gasteiger partial charge in [-0.1, -0.05) is 24.3 Å². The van der Waals surface area contributed by atoms with Gasteiger partial charge >= 0.3 is 0 Å². The fourth-order valence-electron chi connectivity index (χ4n) is 1.69. The Morgan fingerprint density at radius 2 is 1.95 bits per heavy atom. The van der Waals surface area contributed by atoms with Crippen LogP contribution in [0.15, 0.2) is 29.3 Å². The first-order valence-electron chi connectivity index (χ1n) is 6.83. The van der Waals surface area contributed by atoms with Crippen LogP contribution in [0.3, 0.4) is 0 Å². The van der Waals surface area contributed by atoms with Crippen molar-refractivity contribution in [1.29, 1.82) is 0 Å². The summed E-state index contributed by atoms with van der Waals surface area (Å²) in [6.07, 6.45) is 0. The van der Waals surface area contributed by atoms with Gasteiger partial charge in [-0.2, -0.15) is 0 Å². The molecule has 1 aromatic carbocycles. The number of methoxy groups -OCH3 is 1. The van der Waals surface area contributed by atoms with Crippen molar-refractivity contribution in [2.75, 3.05) is 40.5 Å². The summed E-state index contributed by atoms with van der Waals surface area (Å²) in [6, 6.07) is 8.31. The lowest BCUT2D eigenvalue weighted by Gasteiger charge is -2.13. The molecule has 0 aliphatic carbocycles. The van der Waals surface area contributed by atoms with Gasteiger partial charge in [-0.3, -0.25) is 4.99 Å². The van der Waals surface area contributed by atoms with Crippen LogP contribution in [0.4, 0.5) is 0 Å². The van der Waals surface area contributed by atoms with Crippen LogP contribution >= 0.6 is 0 Å². The SMILES string of the molecule is CN=C(NCCOCCOC)NCc1ccccc1C. The summed E-state index contributed by atoms with van der Waals surface area (Å²) in [5.41, 5.74) is 2.55. The van der Waals surface area contributed by atoms with Crippen molar-refractivity contribution in [3.63, 3.8) is 0 Å². The van der Waals surface area contributed by atoms with Crippen molar-refractivity contribution in [3.8, 4) is 0 Å². The fourth-order valence-corrected chi connectivity index (χ4v) is 1.69. The van der Waals surface area contributed by atoms with Crippen LogP contribution in [0.1, 0.15) is 11.1 Å². The average Bonchev–Trinajstić information content (AvgIpc) is 2.47. The van der Waals surface area contributed by atoms with Crippen LogP contribution in [0.25, 0.3) is 0 Å². The second-order valence-electron chi connectivity index (χ2n) is 4.38. The molecule has 2 N–H and O–H groups in total. The highest BCUT2D eigenvalue weighted by molar-refractivity contribution is 5.79. The molecule has 0 radical (unpaired) electrons. The molecular formula is C15H25N3O2. The Bertz CT molecular complexity index is 408. The van der Waals surface area contributed by atoms with Gasteiger partial charge in [0.2, 0.25) is 0 Å². The molecule has 0 aliphatic heterocycles. The lowest BCUT2D eigenvalue weighted by molar-refractivity contribution is 0.0733. The topological polar surface area (TPSA) is 54.9 Å². The van der Waals surface area contributed by atoms with Gasteiger partial charge in [-0.25, -0.2) is 0 Å². The normalized spacial score (nSPS) is 11.4. The number of hydrogen-bond acceptors (Lipinski definition) is 3. The Morgan fingerprint density at radius 1 is 1.15 bits per heavy atom. The maximum Gasteiger partial charge on any atom is 0.191 e. The number of hydrogen-bond donors (Lipinski definition) is 2. The van der Waals surface area contributed by atoms with Crippen molar-refractivity contribution in [1.82, 2.24) is 10.6 Å². The number of rotatable bonds is 8. The minimum absolute atomic E-state index is 0.618. The van der Waals surface area contributed by atoms with Gasteiger partial charge in [0.05, 0.1) is 19.8 Å². The van der Waals surface area contributed by atoms with Gasteiger partial charge in [-0.15, -0.1) is 0 Å². The van der Waals surface area contributed by atoms with Crippen molar-refractivity contribution in [2.45, 2.75) is 13.5 Å². The minimum atomic E-state index is 0.618. The van der Waals surface area contributed by atoms with Crippen LogP contribution in [0, 0.1) is 6.92 Å². The van der Waals surface area contributed by atoms with E-state index in [1.165, 1.54) is 11.1 Å². The van der Waals surface area contributed by atoms with Crippen LogP contribution in [0.5, 0.6) is 0 Å². The molecule has 0 saturated carbocycles. The molecule has 0 amide bonds. The highest BCUT2D eigenvalue weighted by Crippen LogP contribution is 2.05. The molecule has 0 unspecified atom stereocenters. The van der Waals surface area contributed by atoms with E-state index < -0.39 is 0 Å².